The maximum absolute atomic E-state index is 13.1. The number of aryl methyl sites for hydroxylation is 1. The first kappa shape index (κ1) is 18.7. The van der Waals surface area contributed by atoms with Crippen LogP contribution in [0.4, 0.5) is 0 Å². The fourth-order valence-electron chi connectivity index (χ4n) is 4.18. The fourth-order valence-corrected chi connectivity index (χ4v) is 4.18. The van der Waals surface area contributed by atoms with Crippen molar-refractivity contribution in [2.45, 2.75) is 51.5 Å². The van der Waals surface area contributed by atoms with Crippen molar-refractivity contribution in [3.8, 4) is 5.75 Å². The molecule has 2 amide bonds. The van der Waals surface area contributed by atoms with Gasteiger partial charge in [-0.25, -0.2) is 0 Å². The van der Waals surface area contributed by atoms with Gasteiger partial charge in [0.25, 0.3) is 0 Å². The zero-order valence-electron chi connectivity index (χ0n) is 16.3. The monoisotopic (exact) mass is 358 g/mol. The summed E-state index contributed by atoms with van der Waals surface area (Å²) in [5.41, 5.74) is 2.30. The predicted octanol–water partition coefficient (Wildman–Crippen LogP) is 2.83. The van der Waals surface area contributed by atoms with Crippen LogP contribution in [0.25, 0.3) is 0 Å². The van der Waals surface area contributed by atoms with Crippen LogP contribution in [0, 0.1) is 5.92 Å². The van der Waals surface area contributed by atoms with Crippen molar-refractivity contribution in [1.82, 2.24) is 9.80 Å². The summed E-state index contributed by atoms with van der Waals surface area (Å²) in [4.78, 5) is 29.4. The van der Waals surface area contributed by atoms with E-state index in [0.717, 1.165) is 37.0 Å². The quantitative estimate of drug-likeness (QED) is 0.832. The van der Waals surface area contributed by atoms with Crippen molar-refractivity contribution in [2.75, 3.05) is 27.2 Å². The molecule has 1 aliphatic heterocycles. The topological polar surface area (TPSA) is 49.9 Å². The molecule has 0 radical (unpaired) electrons. The number of benzene rings is 1. The second kappa shape index (κ2) is 7.68. The number of rotatable bonds is 4. The summed E-state index contributed by atoms with van der Waals surface area (Å²) in [6.45, 7) is 5.40. The van der Waals surface area contributed by atoms with Crippen molar-refractivity contribution in [2.24, 2.45) is 5.92 Å². The molecule has 1 aromatic rings. The third-order valence-electron chi connectivity index (χ3n) is 6.00. The number of methoxy groups -OCH3 is 1. The van der Waals surface area contributed by atoms with E-state index in [1.54, 1.807) is 7.11 Å². The molecule has 1 aromatic carbocycles. The fraction of sp³-hybridized carbons (Fsp3) is 0.619. The standard InChI is InChI=1S/C21H30N2O3/c1-14(2)22(3)20(24)16-10-12-23(13-11-16)21(25)17-9-8-15-6-5-7-18(26-4)19(15)17/h5-7,14,16-17H,8-13H2,1-4H3. The van der Waals surface area contributed by atoms with Gasteiger partial charge >= 0.3 is 0 Å². The molecule has 1 heterocycles. The summed E-state index contributed by atoms with van der Waals surface area (Å²) in [5.74, 6) is 1.15. The van der Waals surface area contributed by atoms with E-state index in [-0.39, 0.29) is 29.7 Å². The second-order valence-electron chi connectivity index (χ2n) is 7.77. The number of likely N-dealkylation sites (tertiary alicyclic amines) is 1. The van der Waals surface area contributed by atoms with E-state index < -0.39 is 0 Å². The molecule has 0 aromatic heterocycles. The molecule has 0 N–H and O–H groups in total. The highest BCUT2D eigenvalue weighted by Crippen LogP contribution is 2.40. The SMILES string of the molecule is COc1cccc2c1C(C(=O)N1CCC(C(=O)N(C)C(C)C)CC1)CC2. The van der Waals surface area contributed by atoms with Crippen molar-refractivity contribution in [3.63, 3.8) is 0 Å². The first-order valence-corrected chi connectivity index (χ1v) is 9.65. The van der Waals surface area contributed by atoms with E-state index in [1.165, 1.54) is 5.56 Å². The van der Waals surface area contributed by atoms with E-state index >= 15 is 0 Å². The second-order valence-corrected chi connectivity index (χ2v) is 7.77. The van der Waals surface area contributed by atoms with E-state index in [1.807, 2.05) is 42.8 Å². The number of carbonyl (C=O) groups excluding carboxylic acids is 2. The van der Waals surface area contributed by atoms with Gasteiger partial charge in [0.1, 0.15) is 5.75 Å². The number of carbonyl (C=O) groups is 2. The Bertz CT molecular complexity index is 678. The Labute approximate surface area is 156 Å². The molecule has 2 aliphatic rings. The van der Waals surface area contributed by atoms with Gasteiger partial charge in [-0.05, 0) is 51.2 Å². The average molecular weight is 358 g/mol. The molecular formula is C21H30N2O3. The van der Waals surface area contributed by atoms with Gasteiger partial charge < -0.3 is 14.5 Å². The minimum absolute atomic E-state index is 0.0388. The molecule has 142 valence electrons. The lowest BCUT2D eigenvalue weighted by molar-refractivity contribution is -0.141. The smallest absolute Gasteiger partial charge is 0.230 e. The lowest BCUT2D eigenvalue weighted by Gasteiger charge is -2.35. The highest BCUT2D eigenvalue weighted by Gasteiger charge is 2.37. The molecule has 0 bridgehead atoms. The number of fused-ring (bicyclic) bond motifs is 1. The van der Waals surface area contributed by atoms with Crippen LogP contribution in [0.2, 0.25) is 0 Å². The van der Waals surface area contributed by atoms with E-state index in [9.17, 15) is 9.59 Å². The number of hydrogen-bond donors (Lipinski definition) is 0. The van der Waals surface area contributed by atoms with Gasteiger partial charge in [-0.3, -0.25) is 9.59 Å². The first-order valence-electron chi connectivity index (χ1n) is 9.65. The van der Waals surface area contributed by atoms with Gasteiger partial charge in [0.05, 0.1) is 13.0 Å². The highest BCUT2D eigenvalue weighted by atomic mass is 16.5. The summed E-state index contributed by atoms with van der Waals surface area (Å²) in [7, 11) is 3.53. The molecule has 26 heavy (non-hydrogen) atoms. The number of nitrogens with zero attached hydrogens (tertiary/aromatic N) is 2. The van der Waals surface area contributed by atoms with Crippen molar-refractivity contribution < 1.29 is 14.3 Å². The van der Waals surface area contributed by atoms with E-state index in [4.69, 9.17) is 4.74 Å². The third kappa shape index (κ3) is 3.44. The van der Waals surface area contributed by atoms with Crippen LogP contribution in [0.3, 0.4) is 0 Å². The largest absolute Gasteiger partial charge is 0.496 e. The van der Waals surface area contributed by atoms with Gasteiger partial charge in [0.2, 0.25) is 11.8 Å². The lowest BCUT2D eigenvalue weighted by Crippen LogP contribution is -2.46. The average Bonchev–Trinajstić information content (AvgIpc) is 3.10. The van der Waals surface area contributed by atoms with Crippen LogP contribution in [0.1, 0.15) is 50.2 Å². The minimum atomic E-state index is -0.105. The van der Waals surface area contributed by atoms with Gasteiger partial charge in [-0.2, -0.15) is 0 Å². The van der Waals surface area contributed by atoms with Crippen LogP contribution in [-0.2, 0) is 16.0 Å². The molecule has 1 aliphatic carbocycles. The van der Waals surface area contributed by atoms with Crippen LogP contribution in [-0.4, -0.2) is 54.9 Å². The Hall–Kier alpha value is -2.04. The molecule has 1 atom stereocenters. The summed E-state index contributed by atoms with van der Waals surface area (Å²) in [6, 6.07) is 6.24. The van der Waals surface area contributed by atoms with Crippen molar-refractivity contribution >= 4 is 11.8 Å². The van der Waals surface area contributed by atoms with Crippen LogP contribution in [0.15, 0.2) is 18.2 Å². The van der Waals surface area contributed by atoms with Crippen LogP contribution < -0.4 is 4.74 Å². The summed E-state index contributed by atoms with van der Waals surface area (Å²) < 4.78 is 5.50. The zero-order valence-corrected chi connectivity index (χ0v) is 16.3. The Morgan fingerprint density at radius 1 is 1.19 bits per heavy atom. The van der Waals surface area contributed by atoms with Crippen LogP contribution in [0.5, 0.6) is 5.75 Å². The number of ether oxygens (including phenoxy) is 1. The number of hydrogen-bond acceptors (Lipinski definition) is 3. The maximum Gasteiger partial charge on any atom is 0.230 e. The molecule has 1 saturated heterocycles. The summed E-state index contributed by atoms with van der Waals surface area (Å²) in [5, 5.41) is 0. The van der Waals surface area contributed by atoms with Gasteiger partial charge in [-0.1, -0.05) is 12.1 Å². The van der Waals surface area contributed by atoms with Crippen molar-refractivity contribution in [3.05, 3.63) is 29.3 Å². The van der Waals surface area contributed by atoms with Crippen molar-refractivity contribution in [1.29, 1.82) is 0 Å². The summed E-state index contributed by atoms with van der Waals surface area (Å²) in [6.07, 6.45) is 3.29. The lowest BCUT2D eigenvalue weighted by atomic mass is 9.92. The summed E-state index contributed by atoms with van der Waals surface area (Å²) >= 11 is 0. The molecule has 5 heteroatoms. The van der Waals surface area contributed by atoms with Gasteiger partial charge in [0, 0.05) is 37.7 Å². The van der Waals surface area contributed by atoms with Gasteiger partial charge in [0.15, 0.2) is 0 Å². The Balaban J connectivity index is 1.65. The molecule has 0 saturated carbocycles. The Morgan fingerprint density at radius 3 is 2.50 bits per heavy atom. The highest BCUT2D eigenvalue weighted by molar-refractivity contribution is 5.86. The zero-order chi connectivity index (χ0) is 18.8. The predicted molar refractivity (Wildman–Crippen MR) is 101 cm³/mol. The van der Waals surface area contributed by atoms with Crippen LogP contribution >= 0.6 is 0 Å². The first-order chi connectivity index (χ1) is 12.4. The molecular weight excluding hydrogens is 328 g/mol. The normalized spacial score (nSPS) is 20.2. The molecule has 0 spiro atoms. The third-order valence-corrected chi connectivity index (χ3v) is 6.00. The molecule has 1 unspecified atom stereocenters. The van der Waals surface area contributed by atoms with Gasteiger partial charge in [-0.15, -0.1) is 0 Å². The Kier molecular flexibility index (Phi) is 5.54. The number of amides is 2. The Morgan fingerprint density at radius 2 is 1.88 bits per heavy atom. The molecule has 5 nitrogen and oxygen atoms in total. The number of piperidine rings is 1. The minimum Gasteiger partial charge on any atom is -0.496 e. The molecule has 1 fully saturated rings. The maximum atomic E-state index is 13.1. The van der Waals surface area contributed by atoms with E-state index in [0.29, 0.717) is 13.1 Å². The van der Waals surface area contributed by atoms with E-state index in [2.05, 4.69) is 6.07 Å². The molecule has 3 rings (SSSR count).